The molecule has 3 aromatic carbocycles. The van der Waals surface area contributed by atoms with Gasteiger partial charge in [0.2, 0.25) is 0 Å². The van der Waals surface area contributed by atoms with Crippen molar-refractivity contribution in [3.63, 3.8) is 0 Å². The van der Waals surface area contributed by atoms with Gasteiger partial charge in [-0.25, -0.2) is 5.43 Å². The molecule has 0 fully saturated rings. The monoisotopic (exact) mass is 577 g/mol. The third kappa shape index (κ3) is 6.97. The van der Waals surface area contributed by atoms with Crippen molar-refractivity contribution < 1.29 is 19.1 Å². The molecule has 0 aromatic heterocycles. The first-order chi connectivity index (χ1) is 16.7. The Labute approximate surface area is 221 Å². The van der Waals surface area contributed by atoms with E-state index in [1.165, 1.54) is 13.3 Å². The number of halogens is 3. The second-order valence-corrected chi connectivity index (χ2v) is 9.18. The van der Waals surface area contributed by atoms with Crippen LogP contribution in [0.5, 0.6) is 11.5 Å². The Morgan fingerprint density at radius 1 is 1.06 bits per heavy atom. The lowest BCUT2D eigenvalue weighted by atomic mass is 10.1. The number of carbonyl (C=O) groups is 2. The Hall–Kier alpha value is -3.07. The number of nitrogens with one attached hydrogen (secondary N) is 2. The van der Waals surface area contributed by atoms with Gasteiger partial charge in [0, 0.05) is 21.3 Å². The summed E-state index contributed by atoms with van der Waals surface area (Å²) in [6.45, 7) is 3.90. The second kappa shape index (κ2) is 12.1. The first-order valence-corrected chi connectivity index (χ1v) is 11.9. The van der Waals surface area contributed by atoms with Crippen molar-refractivity contribution >= 4 is 62.8 Å². The lowest BCUT2D eigenvalue weighted by molar-refractivity contribution is -0.136. The van der Waals surface area contributed by atoms with E-state index in [2.05, 4.69) is 31.8 Å². The number of aryl methyl sites for hydroxylation is 2. The van der Waals surface area contributed by atoms with Crippen molar-refractivity contribution in [1.29, 1.82) is 0 Å². The highest BCUT2D eigenvalue weighted by Gasteiger charge is 2.16. The zero-order valence-electron chi connectivity index (χ0n) is 19.1. The molecule has 35 heavy (non-hydrogen) atoms. The molecular weight excluding hydrogens is 557 g/mol. The van der Waals surface area contributed by atoms with Crippen LogP contribution < -0.4 is 20.2 Å². The molecule has 0 saturated carbocycles. The molecular formula is C25H22BrCl2N3O4. The molecule has 10 heteroatoms. The van der Waals surface area contributed by atoms with Crippen LogP contribution in [0.1, 0.15) is 22.3 Å². The summed E-state index contributed by atoms with van der Waals surface area (Å²) in [5.41, 5.74) is 5.89. The van der Waals surface area contributed by atoms with Crippen molar-refractivity contribution in [3.05, 3.63) is 85.3 Å². The number of ether oxygens (including phenoxy) is 2. The quantitative estimate of drug-likeness (QED) is 0.203. The standard InChI is InChI=1S/C25H22BrCl2N3O4/c1-14-5-4-6-15(2)22(14)30-24(32)25(33)31-29-12-16-9-19(26)23(21(10-16)34-3)35-13-17-7-8-18(27)11-20(17)28/h4-12H,13H2,1-3H3,(H,30,32)(H,31,33)/b29-12+. The Kier molecular flexibility index (Phi) is 9.14. The first-order valence-electron chi connectivity index (χ1n) is 10.3. The molecule has 182 valence electrons. The van der Waals surface area contributed by atoms with Gasteiger partial charge in [0.15, 0.2) is 11.5 Å². The third-order valence-corrected chi connectivity index (χ3v) is 6.12. The summed E-state index contributed by atoms with van der Waals surface area (Å²) in [6.07, 6.45) is 1.39. The van der Waals surface area contributed by atoms with Gasteiger partial charge in [0.05, 0.1) is 17.8 Å². The molecule has 0 atom stereocenters. The van der Waals surface area contributed by atoms with Gasteiger partial charge in [-0.15, -0.1) is 0 Å². The SMILES string of the molecule is COc1cc(/C=N/NC(=O)C(=O)Nc2c(C)cccc2C)cc(Br)c1OCc1ccc(Cl)cc1Cl. The summed E-state index contributed by atoms with van der Waals surface area (Å²) in [5.74, 6) is -0.810. The van der Waals surface area contributed by atoms with Crippen molar-refractivity contribution in [3.8, 4) is 11.5 Å². The maximum atomic E-state index is 12.2. The number of hydrogen-bond donors (Lipinski definition) is 2. The van der Waals surface area contributed by atoms with Crippen LogP contribution in [-0.4, -0.2) is 25.1 Å². The van der Waals surface area contributed by atoms with Gasteiger partial charge in [-0.2, -0.15) is 5.10 Å². The second-order valence-electron chi connectivity index (χ2n) is 7.48. The Bertz CT molecular complexity index is 1280. The van der Waals surface area contributed by atoms with E-state index in [9.17, 15) is 9.59 Å². The smallest absolute Gasteiger partial charge is 0.329 e. The van der Waals surface area contributed by atoms with Gasteiger partial charge in [0.1, 0.15) is 6.61 Å². The zero-order chi connectivity index (χ0) is 25.5. The van der Waals surface area contributed by atoms with Crippen molar-refractivity contribution in [2.24, 2.45) is 5.10 Å². The van der Waals surface area contributed by atoms with Crippen LogP contribution in [0.2, 0.25) is 10.0 Å². The molecule has 0 bridgehead atoms. The van der Waals surface area contributed by atoms with Crippen molar-refractivity contribution in [2.45, 2.75) is 20.5 Å². The van der Waals surface area contributed by atoms with E-state index in [4.69, 9.17) is 32.7 Å². The molecule has 0 spiro atoms. The van der Waals surface area contributed by atoms with E-state index in [1.807, 2.05) is 32.0 Å². The number of amides is 2. The Balaban J connectivity index is 1.65. The Morgan fingerprint density at radius 2 is 1.77 bits per heavy atom. The fourth-order valence-corrected chi connectivity index (χ4v) is 4.18. The molecule has 0 heterocycles. The van der Waals surface area contributed by atoms with Gasteiger partial charge < -0.3 is 14.8 Å². The molecule has 3 rings (SSSR count). The molecule has 2 amide bonds. The number of anilines is 1. The molecule has 0 saturated heterocycles. The van der Waals surface area contributed by atoms with Crippen molar-refractivity contribution in [1.82, 2.24) is 5.43 Å². The minimum Gasteiger partial charge on any atom is -0.493 e. The van der Waals surface area contributed by atoms with E-state index in [-0.39, 0.29) is 6.61 Å². The molecule has 0 radical (unpaired) electrons. The van der Waals surface area contributed by atoms with E-state index < -0.39 is 11.8 Å². The largest absolute Gasteiger partial charge is 0.493 e. The van der Waals surface area contributed by atoms with Crippen LogP contribution in [0, 0.1) is 13.8 Å². The van der Waals surface area contributed by atoms with Gasteiger partial charge in [-0.1, -0.05) is 47.5 Å². The zero-order valence-corrected chi connectivity index (χ0v) is 22.2. The average Bonchev–Trinajstić information content (AvgIpc) is 2.81. The van der Waals surface area contributed by atoms with Crippen molar-refractivity contribution in [2.75, 3.05) is 12.4 Å². The summed E-state index contributed by atoms with van der Waals surface area (Å²) in [5, 5.41) is 7.52. The number of hydrogen-bond acceptors (Lipinski definition) is 5. The normalized spacial score (nSPS) is 10.8. The molecule has 3 aromatic rings. The van der Waals surface area contributed by atoms with Crippen LogP contribution in [-0.2, 0) is 16.2 Å². The minimum atomic E-state index is -0.894. The molecule has 0 aliphatic rings. The lowest BCUT2D eigenvalue weighted by Gasteiger charge is -2.14. The summed E-state index contributed by atoms with van der Waals surface area (Å²) in [4.78, 5) is 24.4. The predicted molar refractivity (Wildman–Crippen MR) is 142 cm³/mol. The fourth-order valence-electron chi connectivity index (χ4n) is 3.14. The average molecular weight is 579 g/mol. The number of hydrazone groups is 1. The van der Waals surface area contributed by atoms with Gasteiger partial charge in [-0.05, 0) is 70.7 Å². The molecule has 0 aliphatic carbocycles. The van der Waals surface area contributed by atoms with Gasteiger partial charge in [-0.3, -0.25) is 9.59 Å². The fraction of sp³-hybridized carbons (Fsp3) is 0.160. The topological polar surface area (TPSA) is 89.0 Å². The number of benzene rings is 3. The number of methoxy groups -OCH3 is 1. The lowest BCUT2D eigenvalue weighted by Crippen LogP contribution is -2.32. The Morgan fingerprint density at radius 3 is 2.43 bits per heavy atom. The molecule has 0 aliphatic heterocycles. The predicted octanol–water partition coefficient (Wildman–Crippen LogP) is 6.05. The summed E-state index contributed by atoms with van der Waals surface area (Å²) in [6, 6.07) is 14.1. The highest BCUT2D eigenvalue weighted by molar-refractivity contribution is 9.10. The summed E-state index contributed by atoms with van der Waals surface area (Å²) in [7, 11) is 1.50. The summed E-state index contributed by atoms with van der Waals surface area (Å²) >= 11 is 15.6. The maximum Gasteiger partial charge on any atom is 0.329 e. The number of rotatable bonds is 7. The van der Waals surface area contributed by atoms with Crippen LogP contribution in [0.4, 0.5) is 5.69 Å². The van der Waals surface area contributed by atoms with Gasteiger partial charge >= 0.3 is 11.8 Å². The van der Waals surface area contributed by atoms with E-state index >= 15 is 0 Å². The highest BCUT2D eigenvalue weighted by Crippen LogP contribution is 2.37. The van der Waals surface area contributed by atoms with Gasteiger partial charge in [0.25, 0.3) is 0 Å². The first kappa shape index (κ1) is 26.5. The van der Waals surface area contributed by atoms with Crippen LogP contribution in [0.15, 0.2) is 58.1 Å². The van der Waals surface area contributed by atoms with Crippen LogP contribution in [0.3, 0.4) is 0 Å². The highest BCUT2D eigenvalue weighted by atomic mass is 79.9. The molecule has 7 nitrogen and oxygen atoms in total. The number of para-hydroxylation sites is 1. The number of nitrogens with zero attached hydrogens (tertiary/aromatic N) is 1. The summed E-state index contributed by atoms with van der Waals surface area (Å²) < 4.78 is 11.9. The molecule has 0 unspecified atom stereocenters. The van der Waals surface area contributed by atoms with E-state index in [1.54, 1.807) is 30.3 Å². The van der Waals surface area contributed by atoms with E-state index in [0.29, 0.717) is 37.3 Å². The van der Waals surface area contributed by atoms with Crippen LogP contribution in [0.25, 0.3) is 0 Å². The maximum absolute atomic E-state index is 12.2. The molecule has 2 N–H and O–H groups in total. The number of carbonyl (C=O) groups excluding carboxylic acids is 2. The minimum absolute atomic E-state index is 0.198. The van der Waals surface area contributed by atoms with E-state index in [0.717, 1.165) is 16.7 Å². The van der Waals surface area contributed by atoms with Crippen LogP contribution >= 0.6 is 39.1 Å². The third-order valence-electron chi connectivity index (χ3n) is 4.94.